The summed E-state index contributed by atoms with van der Waals surface area (Å²) in [6.07, 6.45) is 2.84. The maximum atomic E-state index is 4.22. The van der Waals surface area contributed by atoms with E-state index in [9.17, 15) is 0 Å². The smallest absolute Gasteiger partial charge is 0.0167 e. The molecular weight excluding hydrogens is 116 g/mol. The molecule has 8 heavy (non-hydrogen) atoms. The summed E-state index contributed by atoms with van der Waals surface area (Å²) >= 11 is 0. The Labute approximate surface area is 52.4 Å². The van der Waals surface area contributed by atoms with Crippen LogP contribution in [0.4, 0.5) is 0 Å². The van der Waals surface area contributed by atoms with Crippen molar-refractivity contribution in [2.24, 2.45) is 0 Å². The highest BCUT2D eigenvalue weighted by Crippen LogP contribution is 2.30. The Bertz CT molecular complexity index is 159. The van der Waals surface area contributed by atoms with Crippen molar-refractivity contribution in [1.82, 2.24) is 0 Å². The van der Waals surface area contributed by atoms with Gasteiger partial charge in [-0.3, -0.25) is 0 Å². The van der Waals surface area contributed by atoms with Crippen molar-refractivity contribution in [1.29, 1.82) is 0 Å². The Morgan fingerprint density at radius 1 is 1.38 bits per heavy atom. The van der Waals surface area contributed by atoms with Gasteiger partial charge in [0.1, 0.15) is 0 Å². The Morgan fingerprint density at radius 3 is 2.12 bits per heavy atom. The predicted molar refractivity (Wildman–Crippen MR) is 45.4 cm³/mol. The van der Waals surface area contributed by atoms with Crippen molar-refractivity contribution < 1.29 is 0 Å². The van der Waals surface area contributed by atoms with E-state index in [1.807, 2.05) is 0 Å². The minimum Gasteiger partial charge on any atom is -0.212 e. The van der Waals surface area contributed by atoms with Crippen molar-refractivity contribution in [2.75, 3.05) is 11.5 Å². The highest BCUT2D eigenvalue weighted by atomic mass is 32.2. The molecule has 1 rings (SSSR count). The molecule has 1 heterocycles. The standard InChI is InChI=1S/C7H14S/c1-3-8(2)6-4-5-7-8/h3H,2,4-7H2,1H3. The Hall–Kier alpha value is 0.0900. The third-order valence-electron chi connectivity index (χ3n) is 1.85. The summed E-state index contributed by atoms with van der Waals surface area (Å²) in [7, 11) is -0.417. The lowest BCUT2D eigenvalue weighted by Crippen LogP contribution is -1.79. The fourth-order valence-corrected chi connectivity index (χ4v) is 3.35. The SMILES string of the molecule is C=S1(=CC)CCCC1. The van der Waals surface area contributed by atoms with Gasteiger partial charge >= 0.3 is 0 Å². The molecule has 0 aromatic heterocycles. The van der Waals surface area contributed by atoms with Gasteiger partial charge in [-0.1, -0.05) is 11.2 Å². The van der Waals surface area contributed by atoms with E-state index in [0.29, 0.717) is 0 Å². The zero-order valence-electron chi connectivity index (χ0n) is 5.52. The van der Waals surface area contributed by atoms with Gasteiger partial charge in [-0.05, 0) is 31.3 Å². The van der Waals surface area contributed by atoms with Gasteiger partial charge in [-0.2, -0.15) is 0 Å². The molecule has 0 atom stereocenters. The van der Waals surface area contributed by atoms with Crippen LogP contribution < -0.4 is 0 Å². The molecule has 48 valence electrons. The topological polar surface area (TPSA) is 0 Å². The van der Waals surface area contributed by atoms with E-state index < -0.39 is 9.21 Å². The molecule has 1 aliphatic rings. The van der Waals surface area contributed by atoms with E-state index in [1.54, 1.807) is 0 Å². The van der Waals surface area contributed by atoms with Gasteiger partial charge in [-0.25, -0.2) is 9.21 Å². The molecule has 0 spiro atoms. The lowest BCUT2D eigenvalue weighted by Gasteiger charge is -2.02. The van der Waals surface area contributed by atoms with Gasteiger partial charge in [0.15, 0.2) is 0 Å². The van der Waals surface area contributed by atoms with E-state index in [1.165, 1.54) is 24.3 Å². The third-order valence-corrected chi connectivity index (χ3v) is 5.06. The lowest BCUT2D eigenvalue weighted by atomic mass is 10.4. The van der Waals surface area contributed by atoms with E-state index in [0.717, 1.165) is 0 Å². The summed E-state index contributed by atoms with van der Waals surface area (Å²) in [4.78, 5) is 0. The maximum Gasteiger partial charge on any atom is -0.0167 e. The zero-order chi connectivity index (χ0) is 6.04. The van der Waals surface area contributed by atoms with Gasteiger partial charge in [0, 0.05) is 0 Å². The summed E-state index contributed by atoms with van der Waals surface area (Å²) in [5.41, 5.74) is 0. The normalized spacial score (nSPS) is 25.6. The monoisotopic (exact) mass is 130 g/mol. The first-order valence-corrected chi connectivity index (χ1v) is 5.38. The molecule has 0 bridgehead atoms. The van der Waals surface area contributed by atoms with Crippen LogP contribution in [-0.2, 0) is 0 Å². The van der Waals surface area contributed by atoms with Crippen LogP contribution in [0.2, 0.25) is 0 Å². The van der Waals surface area contributed by atoms with Crippen LogP contribution in [0, 0.1) is 0 Å². The fraction of sp³-hybridized carbons (Fsp3) is 0.714. The lowest BCUT2D eigenvalue weighted by molar-refractivity contribution is 0.949. The van der Waals surface area contributed by atoms with Crippen molar-refractivity contribution in [3.63, 3.8) is 0 Å². The van der Waals surface area contributed by atoms with Crippen LogP contribution in [0.3, 0.4) is 0 Å². The number of rotatable bonds is 0. The minimum absolute atomic E-state index is 0.417. The Morgan fingerprint density at radius 2 is 1.88 bits per heavy atom. The molecule has 0 saturated carbocycles. The van der Waals surface area contributed by atoms with Gasteiger partial charge < -0.3 is 0 Å². The maximum absolute atomic E-state index is 4.22. The molecule has 0 amide bonds. The average Bonchev–Trinajstić information content (AvgIpc) is 2.17. The zero-order valence-corrected chi connectivity index (χ0v) is 6.34. The van der Waals surface area contributed by atoms with Gasteiger partial charge in [-0.15, -0.1) is 0 Å². The summed E-state index contributed by atoms with van der Waals surface area (Å²) in [6, 6.07) is 0. The first-order chi connectivity index (χ1) is 3.77. The quantitative estimate of drug-likeness (QED) is 0.439. The van der Waals surface area contributed by atoms with Crippen LogP contribution in [0.5, 0.6) is 0 Å². The highest BCUT2D eigenvalue weighted by Gasteiger charge is 2.06. The molecule has 0 aromatic rings. The highest BCUT2D eigenvalue weighted by molar-refractivity contribution is 8.28. The molecule has 1 aliphatic heterocycles. The molecule has 0 nitrogen and oxygen atoms in total. The Kier molecular flexibility index (Phi) is 1.66. The van der Waals surface area contributed by atoms with E-state index in [2.05, 4.69) is 18.2 Å². The van der Waals surface area contributed by atoms with E-state index in [4.69, 9.17) is 0 Å². The third kappa shape index (κ3) is 1.08. The van der Waals surface area contributed by atoms with Gasteiger partial charge in [0.05, 0.1) is 0 Å². The van der Waals surface area contributed by atoms with Crippen molar-refractivity contribution >= 4 is 20.4 Å². The molecule has 1 fully saturated rings. The molecule has 0 aromatic carbocycles. The predicted octanol–water partition coefficient (Wildman–Crippen LogP) is 1.84. The molecule has 0 N–H and O–H groups in total. The van der Waals surface area contributed by atoms with Gasteiger partial charge in [0.25, 0.3) is 0 Å². The second kappa shape index (κ2) is 2.14. The molecule has 0 unspecified atom stereocenters. The van der Waals surface area contributed by atoms with Crippen molar-refractivity contribution in [3.05, 3.63) is 0 Å². The average molecular weight is 130 g/mol. The van der Waals surface area contributed by atoms with E-state index in [-0.39, 0.29) is 0 Å². The van der Waals surface area contributed by atoms with E-state index >= 15 is 0 Å². The van der Waals surface area contributed by atoms with Gasteiger partial charge in [0.2, 0.25) is 0 Å². The second-order valence-electron chi connectivity index (χ2n) is 2.46. The molecule has 1 saturated heterocycles. The van der Waals surface area contributed by atoms with Crippen LogP contribution >= 0.6 is 9.21 Å². The molecular formula is C7H14S. The van der Waals surface area contributed by atoms with Crippen LogP contribution in [-0.4, -0.2) is 22.7 Å². The van der Waals surface area contributed by atoms with Crippen molar-refractivity contribution in [3.8, 4) is 0 Å². The van der Waals surface area contributed by atoms with Crippen LogP contribution in [0.1, 0.15) is 19.8 Å². The first kappa shape index (κ1) is 6.21. The Balaban J connectivity index is 2.84. The largest absolute Gasteiger partial charge is 0.212 e. The summed E-state index contributed by atoms with van der Waals surface area (Å²) in [5.74, 6) is 7.00. The minimum atomic E-state index is -0.417. The first-order valence-electron chi connectivity index (χ1n) is 3.18. The number of hydrogen-bond donors (Lipinski definition) is 0. The fourth-order valence-electron chi connectivity index (χ4n) is 1.12. The molecule has 1 heteroatoms. The molecule has 0 aliphatic carbocycles. The second-order valence-corrected chi connectivity index (χ2v) is 5.98. The number of hydrogen-bond acceptors (Lipinski definition) is 0. The van der Waals surface area contributed by atoms with Crippen LogP contribution in [0.25, 0.3) is 0 Å². The van der Waals surface area contributed by atoms with Crippen LogP contribution in [0.15, 0.2) is 0 Å². The molecule has 0 radical (unpaired) electrons. The van der Waals surface area contributed by atoms with Crippen molar-refractivity contribution in [2.45, 2.75) is 19.8 Å². The summed E-state index contributed by atoms with van der Waals surface area (Å²) in [6.45, 7) is 2.16. The summed E-state index contributed by atoms with van der Waals surface area (Å²) in [5, 5.41) is 2.33. The summed E-state index contributed by atoms with van der Waals surface area (Å²) < 4.78 is 0.